The smallest absolute Gasteiger partial charge is 0.444 e. The zero-order valence-corrected chi connectivity index (χ0v) is 9.45. The molecule has 0 saturated heterocycles. The molecule has 1 aromatic carbocycles. The van der Waals surface area contributed by atoms with Gasteiger partial charge < -0.3 is 19.6 Å². The molecule has 1 atom stereocenters. The second-order valence-corrected chi connectivity index (χ2v) is 11.1. The molecule has 0 aliphatic rings. The molecule has 1 rings (SSSR count). The lowest BCUT2D eigenvalue weighted by molar-refractivity contribution is -0.186. The predicted molar refractivity (Wildman–Crippen MR) is 53.3 cm³/mol. The van der Waals surface area contributed by atoms with Crippen molar-refractivity contribution in [3.63, 3.8) is 0 Å². The minimum atomic E-state index is -5.10. The highest BCUT2D eigenvalue weighted by Crippen LogP contribution is 2.70. The minimum Gasteiger partial charge on any atom is -0.768 e. The van der Waals surface area contributed by atoms with Crippen molar-refractivity contribution in [3.8, 4) is 0 Å². The molecule has 5 nitrogen and oxygen atoms in total. The van der Waals surface area contributed by atoms with Gasteiger partial charge >= 0.3 is 6.18 Å². The topological polar surface area (TPSA) is 101 Å². The fourth-order valence-corrected chi connectivity index (χ4v) is 4.64. The Balaban J connectivity index is 3.18. The van der Waals surface area contributed by atoms with E-state index in [1.807, 2.05) is 0 Å². The van der Waals surface area contributed by atoms with E-state index in [-0.39, 0.29) is 0 Å². The van der Waals surface area contributed by atoms with Gasteiger partial charge in [0.1, 0.15) is 0 Å². The van der Waals surface area contributed by atoms with Crippen molar-refractivity contribution in [1.82, 2.24) is 0 Å². The summed E-state index contributed by atoms with van der Waals surface area (Å²) in [5.74, 6) is 0. The highest BCUT2D eigenvalue weighted by Gasteiger charge is 2.37. The zero-order valence-electron chi connectivity index (χ0n) is 6.85. The van der Waals surface area contributed by atoms with E-state index in [4.69, 9.17) is 14.7 Å². The summed E-state index contributed by atoms with van der Waals surface area (Å²) in [5, 5.41) is 0. The van der Waals surface area contributed by atoms with Crippen LogP contribution in [0.4, 0.5) is 0 Å². The van der Waals surface area contributed by atoms with Gasteiger partial charge in [0.05, 0.1) is 0 Å². The molecule has 1 unspecified atom stereocenters. The van der Waals surface area contributed by atoms with Crippen molar-refractivity contribution in [2.24, 2.45) is 0 Å². The highest BCUT2D eigenvalue weighted by molar-refractivity contribution is 8.50. The Kier molecular flexibility index (Phi) is 3.61. The lowest BCUT2D eigenvalue weighted by Crippen LogP contribution is -2.00. The molecule has 0 spiro atoms. The van der Waals surface area contributed by atoms with E-state index in [2.05, 4.69) is 0 Å². The van der Waals surface area contributed by atoms with Gasteiger partial charge in [-0.15, -0.1) is 0 Å². The van der Waals surface area contributed by atoms with Gasteiger partial charge in [-0.25, -0.2) is 0 Å². The first-order valence-corrected chi connectivity index (χ1v) is 8.86. The van der Waals surface area contributed by atoms with Crippen LogP contribution in [0.15, 0.2) is 35.2 Å². The maximum absolute atomic E-state index is 10.6. The monoisotopic (exact) mass is 254 g/mol. The molecule has 0 heterocycles. The van der Waals surface area contributed by atoms with Crippen molar-refractivity contribution in [3.05, 3.63) is 30.3 Å². The van der Waals surface area contributed by atoms with E-state index in [9.17, 15) is 9.46 Å². The molecular formula is C6H8O5P2S. The molecule has 0 saturated carbocycles. The van der Waals surface area contributed by atoms with Crippen molar-refractivity contribution in [2.75, 3.05) is 0 Å². The predicted octanol–water partition coefficient (Wildman–Crippen LogP) is 0.336. The molecule has 0 aromatic heterocycles. The maximum Gasteiger partial charge on any atom is 0.444 e. The largest absolute Gasteiger partial charge is 0.768 e. The molecule has 0 aliphatic heterocycles. The van der Waals surface area contributed by atoms with Crippen LogP contribution in [-0.4, -0.2) is 14.7 Å². The molecule has 1 aromatic rings. The Morgan fingerprint density at radius 1 is 1.14 bits per heavy atom. The van der Waals surface area contributed by atoms with Gasteiger partial charge in [-0.05, 0) is 0 Å². The van der Waals surface area contributed by atoms with E-state index in [1.54, 1.807) is 18.2 Å². The maximum atomic E-state index is 10.6. The van der Waals surface area contributed by atoms with Crippen LogP contribution < -0.4 is 4.89 Å². The third kappa shape index (κ3) is 2.97. The van der Waals surface area contributed by atoms with Crippen LogP contribution in [0.5, 0.6) is 0 Å². The first kappa shape index (κ1) is 12.0. The van der Waals surface area contributed by atoms with Crippen LogP contribution in [0.25, 0.3) is 0 Å². The Morgan fingerprint density at radius 3 is 2.07 bits per heavy atom. The van der Waals surface area contributed by atoms with Crippen LogP contribution in [0.2, 0.25) is 0 Å². The Hall–Kier alpha value is -0.0600. The van der Waals surface area contributed by atoms with Crippen LogP contribution in [-0.2, 0) is 15.5 Å². The summed E-state index contributed by atoms with van der Waals surface area (Å²) < 4.78 is 10.6. The second kappa shape index (κ2) is 4.21. The average molecular weight is 254 g/mol. The van der Waals surface area contributed by atoms with Gasteiger partial charge in [0.15, 0.2) is 0 Å². The summed E-state index contributed by atoms with van der Waals surface area (Å²) in [4.78, 5) is 37.7. The zero-order chi connectivity index (χ0) is 10.8. The summed E-state index contributed by atoms with van der Waals surface area (Å²) in [6, 6.07) is 7.97. The Labute approximate surface area is 84.2 Å². The van der Waals surface area contributed by atoms with Crippen LogP contribution in [0.1, 0.15) is 0 Å². The van der Waals surface area contributed by atoms with Crippen molar-refractivity contribution >= 4 is 24.4 Å². The standard InChI is InChI=1S/C6H8O5P2S/c7-12(8,9)13(10,11)14-6-4-2-1-3-5-6/h1-5H,(H3-,7,8,9,10,11). The van der Waals surface area contributed by atoms with E-state index < -0.39 is 13.5 Å². The molecule has 0 bridgehead atoms. The van der Waals surface area contributed by atoms with Crippen molar-refractivity contribution < 1.29 is 24.1 Å². The Morgan fingerprint density at radius 2 is 1.64 bits per heavy atom. The number of hydrogen-bond donors (Lipinski definition) is 3. The summed E-state index contributed by atoms with van der Waals surface area (Å²) >= 11 is 0. The quantitative estimate of drug-likeness (QED) is 0.521. The highest BCUT2D eigenvalue weighted by atomic mass is 32.7. The van der Waals surface area contributed by atoms with Gasteiger partial charge in [-0.1, -0.05) is 18.2 Å². The third-order valence-corrected chi connectivity index (χ3v) is 8.62. The number of benzene rings is 1. The van der Waals surface area contributed by atoms with E-state index in [0.717, 1.165) is 0 Å². The fourth-order valence-electron chi connectivity index (χ4n) is 0.674. The van der Waals surface area contributed by atoms with Gasteiger partial charge in [0.2, 0.25) is 4.90 Å². The van der Waals surface area contributed by atoms with Crippen molar-refractivity contribution in [2.45, 2.75) is 4.90 Å². The van der Waals surface area contributed by atoms with E-state index >= 15 is 0 Å². The molecule has 0 fully saturated rings. The molecule has 0 radical (unpaired) electrons. The van der Waals surface area contributed by atoms with Gasteiger partial charge in [0.25, 0.3) is 18.2 Å². The number of rotatable bonds is 2. The first-order valence-electron chi connectivity index (χ1n) is 3.46. The number of hydrogen-bond acceptors (Lipinski definition) is 2. The molecule has 0 amide bonds. The Bertz CT molecular complexity index is 405. The molecule has 14 heavy (non-hydrogen) atoms. The fraction of sp³-hybridized carbons (Fsp3) is 0. The molecule has 8 heteroatoms. The molecular weight excluding hydrogens is 246 g/mol. The SMILES string of the molecule is O=P([O-])(O)P(O)(O)=[S+]c1ccccc1. The van der Waals surface area contributed by atoms with E-state index in [1.165, 1.54) is 12.1 Å². The average Bonchev–Trinajstić information content (AvgIpc) is 2.03. The first-order chi connectivity index (χ1) is 6.33. The molecule has 3 N–H and O–H groups in total. The summed E-state index contributed by atoms with van der Waals surface area (Å²) in [7, 11) is -4.75. The van der Waals surface area contributed by atoms with Crippen LogP contribution in [0.3, 0.4) is 0 Å². The van der Waals surface area contributed by atoms with E-state index in [0.29, 0.717) is 15.8 Å². The molecule has 78 valence electrons. The lowest BCUT2D eigenvalue weighted by Gasteiger charge is -2.13. The molecule has 0 aliphatic carbocycles. The van der Waals surface area contributed by atoms with Gasteiger partial charge in [-0.2, -0.15) is 0 Å². The van der Waals surface area contributed by atoms with Gasteiger partial charge in [-0.3, -0.25) is 4.57 Å². The van der Waals surface area contributed by atoms with Gasteiger partial charge in [0, 0.05) is 12.1 Å². The summed E-state index contributed by atoms with van der Waals surface area (Å²) in [5.41, 5.74) is 0. The van der Waals surface area contributed by atoms with Crippen LogP contribution in [0, 0.1) is 0 Å². The summed E-state index contributed by atoms with van der Waals surface area (Å²) in [6.07, 6.45) is -4.38. The normalized spacial score (nSPS) is 16.0. The van der Waals surface area contributed by atoms with Crippen LogP contribution >= 0.6 is 13.5 Å². The third-order valence-electron chi connectivity index (χ3n) is 1.30. The van der Waals surface area contributed by atoms with Crippen molar-refractivity contribution in [1.29, 1.82) is 0 Å². The second-order valence-electron chi connectivity index (χ2n) is 2.41. The lowest BCUT2D eigenvalue weighted by atomic mass is 10.4. The summed E-state index contributed by atoms with van der Waals surface area (Å²) in [6.45, 7) is 0. The minimum absolute atomic E-state index is 0.349.